The zero-order valence-electron chi connectivity index (χ0n) is 10.3. The van der Waals surface area contributed by atoms with Crippen molar-refractivity contribution in [1.29, 1.82) is 0 Å². The molecule has 2 heteroatoms. The van der Waals surface area contributed by atoms with E-state index in [-0.39, 0.29) is 11.4 Å². The van der Waals surface area contributed by atoms with Gasteiger partial charge in [-0.15, -0.1) is 0 Å². The molecule has 0 radical (unpaired) electrons. The van der Waals surface area contributed by atoms with Crippen LogP contribution in [0.4, 0.5) is 0 Å². The minimum absolute atomic E-state index is 0.0497. The molecule has 0 amide bonds. The number of ether oxygens (including phenoxy) is 1. The molecule has 0 aromatic heterocycles. The van der Waals surface area contributed by atoms with Crippen molar-refractivity contribution in [2.45, 2.75) is 47.0 Å². The molecule has 0 saturated heterocycles. The van der Waals surface area contributed by atoms with Crippen LogP contribution in [-0.4, -0.2) is 12.6 Å². The van der Waals surface area contributed by atoms with Crippen molar-refractivity contribution in [3.63, 3.8) is 0 Å². The van der Waals surface area contributed by atoms with Crippen molar-refractivity contribution in [3.05, 3.63) is 11.6 Å². The molecule has 1 aliphatic rings. The number of hydrogen-bond acceptors (Lipinski definition) is 2. The minimum atomic E-state index is -0.0548. The van der Waals surface area contributed by atoms with Gasteiger partial charge in [0.2, 0.25) is 0 Å². The standard InChI is InChI=1S/C13H22O2/c1-10(2)9-15-12(14)8-13(4)7-5-6-11(13)3/h6,10H,5,7-9H2,1-4H3. The van der Waals surface area contributed by atoms with Crippen molar-refractivity contribution < 1.29 is 9.53 Å². The van der Waals surface area contributed by atoms with Crippen LogP contribution >= 0.6 is 0 Å². The Kier molecular flexibility index (Phi) is 3.95. The first-order chi connectivity index (χ1) is 6.94. The summed E-state index contributed by atoms with van der Waals surface area (Å²) in [5.41, 5.74) is 1.39. The zero-order chi connectivity index (χ0) is 11.5. The average Bonchev–Trinajstić information content (AvgIpc) is 2.44. The summed E-state index contributed by atoms with van der Waals surface area (Å²) in [6, 6.07) is 0. The molecule has 0 spiro atoms. The van der Waals surface area contributed by atoms with Gasteiger partial charge in [-0.1, -0.05) is 32.4 Å². The first-order valence-electron chi connectivity index (χ1n) is 5.77. The highest BCUT2D eigenvalue weighted by Crippen LogP contribution is 2.41. The highest BCUT2D eigenvalue weighted by molar-refractivity contribution is 5.71. The Balaban J connectivity index is 2.41. The lowest BCUT2D eigenvalue weighted by molar-refractivity contribution is -0.146. The summed E-state index contributed by atoms with van der Waals surface area (Å²) in [6.45, 7) is 8.91. The number of rotatable bonds is 4. The van der Waals surface area contributed by atoms with Crippen LogP contribution in [0.3, 0.4) is 0 Å². The summed E-state index contributed by atoms with van der Waals surface area (Å²) in [4.78, 5) is 11.6. The van der Waals surface area contributed by atoms with Crippen LogP contribution in [0.25, 0.3) is 0 Å². The summed E-state index contributed by atoms with van der Waals surface area (Å²) < 4.78 is 5.21. The molecule has 0 N–H and O–H groups in total. The highest BCUT2D eigenvalue weighted by Gasteiger charge is 2.32. The average molecular weight is 210 g/mol. The van der Waals surface area contributed by atoms with Crippen molar-refractivity contribution in [3.8, 4) is 0 Å². The van der Waals surface area contributed by atoms with Crippen LogP contribution < -0.4 is 0 Å². The summed E-state index contributed by atoms with van der Waals surface area (Å²) in [6.07, 6.45) is 4.94. The number of hydrogen-bond donors (Lipinski definition) is 0. The lowest BCUT2D eigenvalue weighted by Gasteiger charge is -2.25. The number of carbonyl (C=O) groups excluding carboxylic acids is 1. The predicted octanol–water partition coefficient (Wildman–Crippen LogP) is 3.32. The van der Waals surface area contributed by atoms with Gasteiger partial charge in [0.25, 0.3) is 0 Å². The van der Waals surface area contributed by atoms with Crippen LogP contribution in [0.5, 0.6) is 0 Å². The Bertz CT molecular complexity index is 266. The fraction of sp³-hybridized carbons (Fsp3) is 0.769. The summed E-state index contributed by atoms with van der Waals surface area (Å²) in [5, 5.41) is 0. The van der Waals surface area contributed by atoms with E-state index in [2.05, 4.69) is 33.8 Å². The van der Waals surface area contributed by atoms with Gasteiger partial charge in [-0.05, 0) is 31.1 Å². The Hall–Kier alpha value is -0.790. The first-order valence-corrected chi connectivity index (χ1v) is 5.77. The fourth-order valence-corrected chi connectivity index (χ4v) is 1.91. The Morgan fingerprint density at radius 1 is 1.60 bits per heavy atom. The predicted molar refractivity (Wildman–Crippen MR) is 61.5 cm³/mol. The number of allylic oxidation sites excluding steroid dienone is 2. The van der Waals surface area contributed by atoms with Gasteiger partial charge in [-0.2, -0.15) is 0 Å². The van der Waals surface area contributed by atoms with Gasteiger partial charge in [0, 0.05) is 0 Å². The van der Waals surface area contributed by atoms with Crippen LogP contribution in [0, 0.1) is 11.3 Å². The van der Waals surface area contributed by atoms with Crippen LogP contribution in [0.1, 0.15) is 47.0 Å². The summed E-state index contributed by atoms with van der Waals surface area (Å²) in [5.74, 6) is 0.364. The van der Waals surface area contributed by atoms with Crippen molar-refractivity contribution >= 4 is 5.97 Å². The third-order valence-corrected chi connectivity index (χ3v) is 3.21. The maximum atomic E-state index is 11.6. The van der Waals surface area contributed by atoms with Crippen molar-refractivity contribution in [1.82, 2.24) is 0 Å². The second kappa shape index (κ2) is 4.82. The van der Waals surface area contributed by atoms with E-state index >= 15 is 0 Å². The van der Waals surface area contributed by atoms with Gasteiger partial charge >= 0.3 is 5.97 Å². The molecule has 1 rings (SSSR count). The lowest BCUT2D eigenvalue weighted by atomic mass is 9.81. The van der Waals surface area contributed by atoms with Crippen molar-refractivity contribution in [2.75, 3.05) is 6.61 Å². The first kappa shape index (κ1) is 12.3. The Morgan fingerprint density at radius 2 is 2.27 bits per heavy atom. The minimum Gasteiger partial charge on any atom is -0.465 e. The quantitative estimate of drug-likeness (QED) is 0.525. The largest absolute Gasteiger partial charge is 0.465 e. The smallest absolute Gasteiger partial charge is 0.306 e. The van der Waals surface area contributed by atoms with E-state index in [1.54, 1.807) is 0 Å². The molecule has 86 valence electrons. The molecule has 0 aromatic carbocycles. The Morgan fingerprint density at radius 3 is 2.73 bits per heavy atom. The zero-order valence-corrected chi connectivity index (χ0v) is 10.3. The van der Waals surface area contributed by atoms with Crippen LogP contribution in [-0.2, 0) is 9.53 Å². The van der Waals surface area contributed by atoms with Gasteiger partial charge in [0.1, 0.15) is 0 Å². The van der Waals surface area contributed by atoms with E-state index in [4.69, 9.17) is 4.74 Å². The van der Waals surface area contributed by atoms with Crippen molar-refractivity contribution in [2.24, 2.45) is 11.3 Å². The van der Waals surface area contributed by atoms with E-state index in [0.29, 0.717) is 18.9 Å². The van der Waals surface area contributed by atoms with Gasteiger partial charge < -0.3 is 4.74 Å². The van der Waals surface area contributed by atoms with E-state index in [1.807, 2.05) is 0 Å². The molecule has 0 fully saturated rings. The highest BCUT2D eigenvalue weighted by atomic mass is 16.5. The lowest BCUT2D eigenvalue weighted by Crippen LogP contribution is -2.22. The summed E-state index contributed by atoms with van der Waals surface area (Å²) >= 11 is 0. The second-order valence-electron chi connectivity index (χ2n) is 5.24. The number of carbonyl (C=O) groups is 1. The molecule has 0 aliphatic heterocycles. The normalized spacial score (nSPS) is 25.5. The molecular formula is C13H22O2. The van der Waals surface area contributed by atoms with Crippen LogP contribution in [0.15, 0.2) is 11.6 Å². The molecule has 2 nitrogen and oxygen atoms in total. The van der Waals surface area contributed by atoms with Gasteiger partial charge in [0.15, 0.2) is 0 Å². The molecule has 1 aliphatic carbocycles. The van der Waals surface area contributed by atoms with Gasteiger partial charge in [0.05, 0.1) is 13.0 Å². The van der Waals surface area contributed by atoms with E-state index < -0.39 is 0 Å². The van der Waals surface area contributed by atoms with E-state index in [1.165, 1.54) is 5.57 Å². The number of esters is 1. The molecular weight excluding hydrogens is 188 g/mol. The van der Waals surface area contributed by atoms with Crippen LogP contribution in [0.2, 0.25) is 0 Å². The summed E-state index contributed by atoms with van der Waals surface area (Å²) in [7, 11) is 0. The van der Waals surface area contributed by atoms with Gasteiger partial charge in [-0.25, -0.2) is 0 Å². The van der Waals surface area contributed by atoms with E-state index in [9.17, 15) is 4.79 Å². The molecule has 0 aromatic rings. The maximum Gasteiger partial charge on any atom is 0.306 e. The molecule has 1 atom stereocenters. The Labute approximate surface area is 92.7 Å². The molecule has 15 heavy (non-hydrogen) atoms. The van der Waals surface area contributed by atoms with Gasteiger partial charge in [-0.3, -0.25) is 4.79 Å². The second-order valence-corrected chi connectivity index (χ2v) is 5.24. The molecule has 0 bridgehead atoms. The molecule has 0 saturated carbocycles. The molecule has 0 heterocycles. The monoisotopic (exact) mass is 210 g/mol. The third kappa shape index (κ3) is 3.37. The maximum absolute atomic E-state index is 11.6. The third-order valence-electron chi connectivity index (χ3n) is 3.21. The molecule has 1 unspecified atom stereocenters. The SMILES string of the molecule is CC1=CCCC1(C)CC(=O)OCC(C)C. The van der Waals surface area contributed by atoms with E-state index in [0.717, 1.165) is 12.8 Å². The topological polar surface area (TPSA) is 26.3 Å². The fourth-order valence-electron chi connectivity index (χ4n) is 1.91.